The minimum atomic E-state index is -0.604. The Labute approximate surface area is 225 Å². The zero-order valence-electron chi connectivity index (χ0n) is 21.8. The molecule has 9 heteroatoms. The summed E-state index contributed by atoms with van der Waals surface area (Å²) in [6.07, 6.45) is 6.12. The van der Waals surface area contributed by atoms with Gasteiger partial charge in [-0.25, -0.2) is 13.9 Å². The smallest absolute Gasteiger partial charge is 0.359 e. The van der Waals surface area contributed by atoms with Crippen LogP contribution in [-0.2, 0) is 15.6 Å². The molecule has 1 spiro atoms. The van der Waals surface area contributed by atoms with Crippen LogP contribution in [-0.4, -0.2) is 53.9 Å². The molecule has 0 atom stereocenters. The highest BCUT2D eigenvalue weighted by Crippen LogP contribution is 2.55. The van der Waals surface area contributed by atoms with E-state index in [2.05, 4.69) is 23.5 Å². The number of aromatic nitrogens is 2. The predicted molar refractivity (Wildman–Crippen MR) is 144 cm³/mol. The molecular weight excluding hydrogens is 505 g/mol. The number of thioether (sulfide) groups is 1. The first-order valence-electron chi connectivity index (χ1n) is 12.9. The van der Waals surface area contributed by atoms with Crippen LogP contribution >= 0.6 is 11.8 Å². The van der Waals surface area contributed by atoms with E-state index in [1.807, 2.05) is 23.9 Å². The van der Waals surface area contributed by atoms with Crippen LogP contribution in [0.4, 0.5) is 10.1 Å². The molecule has 2 saturated carbocycles. The number of esters is 1. The molecule has 1 aromatic heterocycles. The van der Waals surface area contributed by atoms with Crippen LogP contribution in [0, 0.1) is 5.82 Å². The molecule has 2 heterocycles. The average molecular weight is 536 g/mol. The fourth-order valence-electron chi connectivity index (χ4n) is 5.71. The van der Waals surface area contributed by atoms with Crippen molar-refractivity contribution in [1.29, 1.82) is 0 Å². The Balaban J connectivity index is 1.46. The van der Waals surface area contributed by atoms with Gasteiger partial charge >= 0.3 is 5.97 Å². The Morgan fingerprint density at radius 2 is 1.87 bits per heavy atom. The third-order valence-electron chi connectivity index (χ3n) is 8.10. The quantitative estimate of drug-likeness (QED) is 0.365. The van der Waals surface area contributed by atoms with Gasteiger partial charge in [-0.05, 0) is 68.7 Å². The maximum atomic E-state index is 15.2. The SMILES string of the molecule is CCOC(=O)c1nn(-c2ccc(OC)cc2F)c2c1C1(CC1)CN(c1ccc(C3(CSC)CC3)cc1)C2=O. The number of hydrogen-bond acceptors (Lipinski definition) is 6. The topological polar surface area (TPSA) is 73.7 Å². The number of fused-ring (bicyclic) bond motifs is 2. The van der Waals surface area contributed by atoms with Gasteiger partial charge < -0.3 is 14.4 Å². The van der Waals surface area contributed by atoms with Gasteiger partial charge in [0.1, 0.15) is 17.1 Å². The van der Waals surface area contributed by atoms with E-state index in [0.717, 1.165) is 24.3 Å². The maximum absolute atomic E-state index is 15.2. The summed E-state index contributed by atoms with van der Waals surface area (Å²) in [4.78, 5) is 28.8. The summed E-state index contributed by atoms with van der Waals surface area (Å²) in [5.74, 6) is -0.0807. The van der Waals surface area contributed by atoms with E-state index < -0.39 is 17.2 Å². The molecule has 1 aliphatic heterocycles. The molecule has 6 rings (SSSR count). The molecule has 1 amide bonds. The first-order chi connectivity index (χ1) is 18.4. The number of carbonyl (C=O) groups excluding carboxylic acids is 2. The van der Waals surface area contributed by atoms with Crippen molar-refractivity contribution in [1.82, 2.24) is 9.78 Å². The van der Waals surface area contributed by atoms with Crippen molar-refractivity contribution < 1.29 is 23.5 Å². The van der Waals surface area contributed by atoms with Crippen LogP contribution in [0.5, 0.6) is 5.75 Å². The van der Waals surface area contributed by atoms with E-state index in [4.69, 9.17) is 9.47 Å². The van der Waals surface area contributed by atoms with Gasteiger partial charge in [0.05, 0.1) is 13.7 Å². The van der Waals surface area contributed by atoms with Crippen molar-refractivity contribution >= 4 is 29.3 Å². The lowest BCUT2D eigenvalue weighted by Gasteiger charge is -2.33. The fraction of sp³-hybridized carbons (Fsp3) is 0.414. The molecule has 0 N–H and O–H groups in total. The second-order valence-electron chi connectivity index (χ2n) is 10.5. The zero-order chi connectivity index (χ0) is 26.7. The lowest BCUT2D eigenvalue weighted by molar-refractivity contribution is 0.0516. The lowest BCUT2D eigenvalue weighted by Crippen LogP contribution is -2.44. The summed E-state index contributed by atoms with van der Waals surface area (Å²) in [5, 5.41) is 4.50. The third-order valence-corrected chi connectivity index (χ3v) is 8.94. The largest absolute Gasteiger partial charge is 0.497 e. The Kier molecular flexibility index (Phi) is 6.01. The summed E-state index contributed by atoms with van der Waals surface area (Å²) >= 11 is 1.86. The van der Waals surface area contributed by atoms with E-state index >= 15 is 4.39 Å². The van der Waals surface area contributed by atoms with Crippen molar-refractivity contribution in [3.8, 4) is 11.4 Å². The normalized spacial score (nSPS) is 18.3. The Morgan fingerprint density at radius 3 is 2.45 bits per heavy atom. The van der Waals surface area contributed by atoms with Crippen LogP contribution in [0.2, 0.25) is 0 Å². The van der Waals surface area contributed by atoms with Crippen LogP contribution in [0.25, 0.3) is 5.69 Å². The second kappa shape index (κ2) is 9.15. The minimum absolute atomic E-state index is 0.0756. The van der Waals surface area contributed by atoms with E-state index in [-0.39, 0.29) is 35.0 Å². The Morgan fingerprint density at radius 1 is 1.13 bits per heavy atom. The molecule has 3 aliphatic rings. The number of hydrogen-bond donors (Lipinski definition) is 0. The number of carbonyl (C=O) groups is 2. The van der Waals surface area contributed by atoms with Gasteiger partial charge in [-0.3, -0.25) is 4.79 Å². The number of amides is 1. The number of nitrogens with zero attached hydrogens (tertiary/aromatic N) is 3. The predicted octanol–water partition coefficient (Wildman–Crippen LogP) is 5.28. The van der Waals surface area contributed by atoms with Crippen molar-refractivity contribution in [3.63, 3.8) is 0 Å². The molecule has 198 valence electrons. The van der Waals surface area contributed by atoms with E-state index in [9.17, 15) is 9.59 Å². The van der Waals surface area contributed by atoms with Gasteiger partial charge in [0, 0.05) is 40.4 Å². The number of methoxy groups -OCH3 is 1. The van der Waals surface area contributed by atoms with Crippen LogP contribution in [0.15, 0.2) is 42.5 Å². The Bertz CT molecular complexity index is 1430. The maximum Gasteiger partial charge on any atom is 0.359 e. The summed E-state index contributed by atoms with van der Waals surface area (Å²) in [6, 6.07) is 12.6. The van der Waals surface area contributed by atoms with Crippen LogP contribution < -0.4 is 9.64 Å². The summed E-state index contributed by atoms with van der Waals surface area (Å²) in [6.45, 7) is 2.34. The molecule has 2 fully saturated rings. The lowest BCUT2D eigenvalue weighted by atomic mass is 9.88. The second-order valence-corrected chi connectivity index (χ2v) is 11.3. The highest BCUT2D eigenvalue weighted by Gasteiger charge is 2.56. The number of rotatable bonds is 8. The standard InChI is InChI=1S/C29H30FN3O4S/c1-4-37-27(35)24-23-25(33(31-24)22-10-9-20(36-2)15-21(22)30)26(34)32(16-28(23)11-12-28)19-7-5-18(6-8-19)29(13-14-29)17-38-3/h5-10,15H,4,11-14,16-17H2,1-3H3. The number of anilines is 1. The van der Waals surface area contributed by atoms with Crippen molar-refractivity contribution in [2.45, 2.75) is 43.4 Å². The fourth-order valence-corrected chi connectivity index (χ4v) is 6.72. The highest BCUT2D eigenvalue weighted by atomic mass is 32.2. The average Bonchev–Trinajstić information content (AvgIpc) is 3.84. The molecule has 0 radical (unpaired) electrons. The van der Waals surface area contributed by atoms with Crippen molar-refractivity contribution in [3.05, 3.63) is 70.8 Å². The third kappa shape index (κ3) is 3.90. The van der Waals surface area contributed by atoms with Gasteiger partial charge in [-0.1, -0.05) is 12.1 Å². The molecule has 0 unspecified atom stereocenters. The first-order valence-corrected chi connectivity index (χ1v) is 14.3. The Hall–Kier alpha value is -3.33. The number of benzene rings is 2. The van der Waals surface area contributed by atoms with E-state index in [0.29, 0.717) is 17.9 Å². The first kappa shape index (κ1) is 25.0. The molecule has 2 aromatic carbocycles. The van der Waals surface area contributed by atoms with Crippen molar-refractivity contribution in [2.24, 2.45) is 0 Å². The summed E-state index contributed by atoms with van der Waals surface area (Å²) < 4.78 is 27.0. The highest BCUT2D eigenvalue weighted by molar-refractivity contribution is 7.98. The van der Waals surface area contributed by atoms with Gasteiger partial charge in [0.2, 0.25) is 0 Å². The van der Waals surface area contributed by atoms with Gasteiger partial charge in [0.15, 0.2) is 11.5 Å². The molecule has 3 aromatic rings. The molecule has 0 bridgehead atoms. The molecule has 0 saturated heterocycles. The monoisotopic (exact) mass is 535 g/mol. The molecule has 7 nitrogen and oxygen atoms in total. The van der Waals surface area contributed by atoms with E-state index in [1.54, 1.807) is 17.9 Å². The molecule has 38 heavy (non-hydrogen) atoms. The van der Waals surface area contributed by atoms with Crippen LogP contribution in [0.1, 0.15) is 64.7 Å². The van der Waals surface area contributed by atoms with E-state index in [1.165, 1.54) is 42.3 Å². The van der Waals surface area contributed by atoms with Gasteiger partial charge in [0.25, 0.3) is 5.91 Å². The molecular formula is C29H30FN3O4S. The van der Waals surface area contributed by atoms with Crippen LogP contribution in [0.3, 0.4) is 0 Å². The van der Waals surface area contributed by atoms with Gasteiger partial charge in [-0.15, -0.1) is 0 Å². The van der Waals surface area contributed by atoms with Gasteiger partial charge in [-0.2, -0.15) is 16.9 Å². The zero-order valence-corrected chi connectivity index (χ0v) is 22.6. The number of ether oxygens (including phenoxy) is 2. The summed E-state index contributed by atoms with van der Waals surface area (Å²) in [5.41, 5.74) is 2.87. The molecule has 2 aliphatic carbocycles. The number of halogens is 1. The summed E-state index contributed by atoms with van der Waals surface area (Å²) in [7, 11) is 1.46. The van der Waals surface area contributed by atoms with Crippen molar-refractivity contribution in [2.75, 3.05) is 37.2 Å². The minimum Gasteiger partial charge on any atom is -0.497 e.